The highest BCUT2D eigenvalue weighted by Crippen LogP contribution is 2.34. The number of aryl methyl sites for hydroxylation is 1. The van der Waals surface area contributed by atoms with Crippen molar-refractivity contribution in [3.63, 3.8) is 0 Å². The molecule has 0 unspecified atom stereocenters. The quantitative estimate of drug-likeness (QED) is 0.236. The molecule has 2 aromatic carbocycles. The van der Waals surface area contributed by atoms with E-state index >= 15 is 4.39 Å². The maximum absolute atomic E-state index is 15.2. The van der Waals surface area contributed by atoms with Gasteiger partial charge >= 0.3 is 0 Å². The molecule has 4 heterocycles. The maximum atomic E-state index is 15.2. The third-order valence-electron chi connectivity index (χ3n) is 6.65. The lowest BCUT2D eigenvalue weighted by Gasteiger charge is -2.12. The number of carbonyl (C=O) groups is 1. The van der Waals surface area contributed by atoms with E-state index in [4.69, 9.17) is 4.74 Å². The van der Waals surface area contributed by atoms with E-state index in [1.54, 1.807) is 54.4 Å². The number of halogens is 2. The van der Waals surface area contributed by atoms with E-state index in [1.807, 2.05) is 6.07 Å². The van der Waals surface area contributed by atoms with E-state index in [0.717, 1.165) is 11.1 Å². The molecule has 0 aliphatic carbocycles. The van der Waals surface area contributed by atoms with E-state index in [9.17, 15) is 14.0 Å². The Kier molecular flexibility index (Phi) is 6.64. The number of pyridine rings is 1. The van der Waals surface area contributed by atoms with Crippen LogP contribution in [0.2, 0.25) is 0 Å². The smallest absolute Gasteiger partial charge is 0.266 e. The molecule has 0 bridgehead atoms. The van der Waals surface area contributed by atoms with Gasteiger partial charge in [0.2, 0.25) is 0 Å². The van der Waals surface area contributed by atoms with Crippen LogP contribution in [0.1, 0.15) is 21.5 Å². The molecule has 0 fully saturated rings. The highest BCUT2D eigenvalue weighted by molar-refractivity contribution is 5.98. The summed E-state index contributed by atoms with van der Waals surface area (Å²) in [4.78, 5) is 34.5. The van der Waals surface area contributed by atoms with Crippen LogP contribution < -0.4 is 10.3 Å². The number of Topliss-reactive ketones (excluding diaryl/α,β-unsaturated/α-hetero) is 1. The summed E-state index contributed by atoms with van der Waals surface area (Å²) in [6.07, 6.45) is 9.38. The third-order valence-corrected chi connectivity index (χ3v) is 6.65. The molecule has 202 valence electrons. The normalized spacial score (nSPS) is 11.1. The van der Waals surface area contributed by atoms with Crippen LogP contribution in [0, 0.1) is 18.6 Å². The fourth-order valence-electron chi connectivity index (χ4n) is 4.67. The molecule has 0 radical (unpaired) electrons. The highest BCUT2D eigenvalue weighted by atomic mass is 19.1. The van der Waals surface area contributed by atoms with Crippen LogP contribution in [0.15, 0.2) is 103 Å². The van der Waals surface area contributed by atoms with Gasteiger partial charge in [-0.05, 0) is 66.6 Å². The van der Waals surface area contributed by atoms with Gasteiger partial charge in [0.15, 0.2) is 23.1 Å². The molecule has 0 aliphatic heterocycles. The summed E-state index contributed by atoms with van der Waals surface area (Å²) in [7, 11) is 0. The third kappa shape index (κ3) is 4.98. The number of hydrogen-bond donors (Lipinski definition) is 0. The summed E-state index contributed by atoms with van der Waals surface area (Å²) in [5.41, 5.74) is 2.87. The Balaban J connectivity index is 1.27. The van der Waals surface area contributed by atoms with Crippen molar-refractivity contribution >= 4 is 11.3 Å². The first-order valence-electron chi connectivity index (χ1n) is 12.6. The van der Waals surface area contributed by atoms with Crippen molar-refractivity contribution in [3.05, 3.63) is 137 Å². The first kappa shape index (κ1) is 25.8. The molecule has 10 heteroatoms. The lowest BCUT2D eigenvalue weighted by Crippen LogP contribution is -2.27. The minimum atomic E-state index is -0.671. The van der Waals surface area contributed by atoms with Crippen molar-refractivity contribution in [2.24, 2.45) is 0 Å². The molecule has 4 aromatic heterocycles. The van der Waals surface area contributed by atoms with Gasteiger partial charge in [-0.1, -0.05) is 6.07 Å². The SMILES string of the molecule is Cc1ccn(-c2ccc(F)cc2)c(=O)c1C(=O)Cc1ccc(Oc2ccnn3ccc(-c4cncnc4)c23)c(F)c1. The zero-order valence-corrected chi connectivity index (χ0v) is 21.7. The number of ketones is 1. The topological polar surface area (TPSA) is 91.4 Å². The summed E-state index contributed by atoms with van der Waals surface area (Å²) < 4.78 is 37.4. The molecule has 6 aromatic rings. The molecule has 0 saturated heterocycles. The second kappa shape index (κ2) is 10.6. The average molecular weight is 550 g/mol. The van der Waals surface area contributed by atoms with Crippen molar-refractivity contribution < 1.29 is 18.3 Å². The number of aromatic nitrogens is 5. The number of hydrogen-bond acceptors (Lipinski definition) is 6. The predicted octanol–water partition coefficient (Wildman–Crippen LogP) is 5.75. The molecule has 0 amide bonds. The minimum absolute atomic E-state index is 0.0117. The number of rotatable bonds is 7. The lowest BCUT2D eigenvalue weighted by molar-refractivity contribution is 0.0990. The Morgan fingerprint density at radius 3 is 2.46 bits per heavy atom. The fraction of sp³-hybridized carbons (Fsp3) is 0.0645. The van der Waals surface area contributed by atoms with E-state index in [-0.39, 0.29) is 17.7 Å². The summed E-state index contributed by atoms with van der Waals surface area (Å²) >= 11 is 0. The van der Waals surface area contributed by atoms with Crippen LogP contribution in [-0.2, 0) is 6.42 Å². The van der Waals surface area contributed by atoms with E-state index in [2.05, 4.69) is 15.1 Å². The van der Waals surface area contributed by atoms with E-state index in [0.29, 0.717) is 28.1 Å². The Hall–Kier alpha value is -5.51. The number of nitrogens with zero attached hydrogens (tertiary/aromatic N) is 5. The minimum Gasteiger partial charge on any atom is -0.452 e. The molecular formula is C31H21F2N5O3. The number of ether oxygens (including phenoxy) is 1. The van der Waals surface area contributed by atoms with Gasteiger partial charge in [-0.2, -0.15) is 5.10 Å². The highest BCUT2D eigenvalue weighted by Gasteiger charge is 2.19. The summed E-state index contributed by atoms with van der Waals surface area (Å²) in [5.74, 6) is -1.24. The Morgan fingerprint density at radius 1 is 0.927 bits per heavy atom. The van der Waals surface area contributed by atoms with Crippen LogP contribution in [-0.4, -0.2) is 29.9 Å². The zero-order valence-electron chi connectivity index (χ0n) is 21.7. The van der Waals surface area contributed by atoms with Crippen molar-refractivity contribution in [2.75, 3.05) is 0 Å². The van der Waals surface area contributed by atoms with Crippen LogP contribution in [0.4, 0.5) is 8.78 Å². The van der Waals surface area contributed by atoms with Gasteiger partial charge in [0.05, 0.1) is 11.8 Å². The molecule has 0 N–H and O–H groups in total. The van der Waals surface area contributed by atoms with Crippen LogP contribution in [0.5, 0.6) is 11.5 Å². The van der Waals surface area contributed by atoms with Crippen LogP contribution in [0.25, 0.3) is 22.3 Å². The maximum Gasteiger partial charge on any atom is 0.266 e. The van der Waals surface area contributed by atoms with E-state index < -0.39 is 23.0 Å². The standard InChI is InChI=1S/C31H21F2N5O3/c1-19-9-12-37(23-5-3-22(32)4-6-23)31(40)29(19)26(39)15-20-2-7-27(25(33)14-20)41-28-8-11-36-38-13-10-24(30(28)38)21-16-34-18-35-17-21/h2-14,16-18H,15H2,1H3. The van der Waals surface area contributed by atoms with E-state index in [1.165, 1.54) is 53.5 Å². The van der Waals surface area contributed by atoms with Crippen molar-refractivity contribution in [2.45, 2.75) is 13.3 Å². The van der Waals surface area contributed by atoms with Crippen molar-refractivity contribution in [1.82, 2.24) is 24.1 Å². The molecule has 0 saturated carbocycles. The monoisotopic (exact) mass is 549 g/mol. The first-order valence-corrected chi connectivity index (χ1v) is 12.6. The molecule has 6 rings (SSSR count). The van der Waals surface area contributed by atoms with Gasteiger partial charge in [0.1, 0.15) is 17.7 Å². The largest absolute Gasteiger partial charge is 0.452 e. The average Bonchev–Trinajstić information content (AvgIpc) is 3.41. The van der Waals surface area contributed by atoms with Crippen molar-refractivity contribution in [3.8, 4) is 28.3 Å². The predicted molar refractivity (Wildman–Crippen MR) is 147 cm³/mol. The number of carbonyl (C=O) groups excluding carboxylic acids is 1. The second-order valence-electron chi connectivity index (χ2n) is 9.34. The Labute approximate surface area is 232 Å². The molecule has 8 nitrogen and oxygen atoms in total. The second-order valence-corrected chi connectivity index (χ2v) is 9.34. The summed E-state index contributed by atoms with van der Waals surface area (Å²) in [6, 6.07) is 14.7. The van der Waals surface area contributed by atoms with Gasteiger partial charge in [-0.3, -0.25) is 14.2 Å². The Morgan fingerprint density at radius 2 is 1.71 bits per heavy atom. The first-order chi connectivity index (χ1) is 19.9. The zero-order chi connectivity index (χ0) is 28.5. The molecule has 0 aliphatic rings. The number of fused-ring (bicyclic) bond motifs is 1. The fourth-order valence-corrected chi connectivity index (χ4v) is 4.67. The lowest BCUT2D eigenvalue weighted by atomic mass is 10.0. The van der Waals surface area contributed by atoms with Crippen molar-refractivity contribution in [1.29, 1.82) is 0 Å². The van der Waals surface area contributed by atoms with Gasteiger partial charge in [0.25, 0.3) is 5.56 Å². The molecule has 0 spiro atoms. The summed E-state index contributed by atoms with van der Waals surface area (Å²) in [6.45, 7) is 1.66. The summed E-state index contributed by atoms with van der Waals surface area (Å²) in [5, 5.41) is 4.29. The number of benzene rings is 2. The van der Waals surface area contributed by atoms with Crippen LogP contribution >= 0.6 is 0 Å². The molecule has 41 heavy (non-hydrogen) atoms. The Bertz CT molecular complexity index is 1970. The van der Waals surface area contributed by atoms with Gasteiger partial charge in [-0.25, -0.2) is 23.3 Å². The van der Waals surface area contributed by atoms with Crippen LogP contribution in [0.3, 0.4) is 0 Å². The van der Waals surface area contributed by atoms with Gasteiger partial charge < -0.3 is 4.74 Å². The van der Waals surface area contributed by atoms with Gasteiger partial charge in [0, 0.05) is 54.1 Å². The van der Waals surface area contributed by atoms with Gasteiger partial charge in [-0.15, -0.1) is 0 Å². The molecule has 0 atom stereocenters. The molecular weight excluding hydrogens is 528 g/mol.